The standard InChI is InChI=1S/C16H20N2O2/c1-4-18(10-11(2)3)15-9-14(16(19)20)17-13-8-6-5-7-12(13)15/h5-9,11H,4,10H2,1-3H3,(H,19,20). The monoisotopic (exact) mass is 272 g/mol. The van der Waals surface area contributed by atoms with Crippen LogP contribution in [0.4, 0.5) is 5.69 Å². The van der Waals surface area contributed by atoms with Crippen molar-refractivity contribution in [2.75, 3.05) is 18.0 Å². The molecule has 0 amide bonds. The van der Waals surface area contributed by atoms with E-state index in [-0.39, 0.29) is 5.69 Å². The Balaban J connectivity index is 2.62. The summed E-state index contributed by atoms with van der Waals surface area (Å²) in [5.74, 6) is -0.479. The van der Waals surface area contributed by atoms with E-state index < -0.39 is 5.97 Å². The second kappa shape index (κ2) is 5.90. The fraction of sp³-hybridized carbons (Fsp3) is 0.375. The number of aromatic carboxylic acids is 1. The summed E-state index contributed by atoms with van der Waals surface area (Å²) in [5.41, 5.74) is 1.77. The van der Waals surface area contributed by atoms with Crippen molar-refractivity contribution in [1.82, 2.24) is 4.98 Å². The largest absolute Gasteiger partial charge is 0.477 e. The first-order valence-corrected chi connectivity index (χ1v) is 6.91. The van der Waals surface area contributed by atoms with E-state index in [2.05, 4.69) is 30.7 Å². The van der Waals surface area contributed by atoms with Crippen molar-refractivity contribution < 1.29 is 9.90 Å². The summed E-state index contributed by atoms with van der Waals surface area (Å²) in [7, 11) is 0. The van der Waals surface area contributed by atoms with Crippen LogP contribution in [0.2, 0.25) is 0 Å². The summed E-state index contributed by atoms with van der Waals surface area (Å²) < 4.78 is 0. The van der Waals surface area contributed by atoms with Crippen molar-refractivity contribution in [1.29, 1.82) is 0 Å². The first kappa shape index (κ1) is 14.3. The van der Waals surface area contributed by atoms with Crippen LogP contribution in [0.3, 0.4) is 0 Å². The molecule has 0 saturated carbocycles. The Kier molecular flexibility index (Phi) is 4.23. The summed E-state index contributed by atoms with van der Waals surface area (Å²) >= 11 is 0. The summed E-state index contributed by atoms with van der Waals surface area (Å²) in [6.07, 6.45) is 0. The molecular weight excluding hydrogens is 252 g/mol. The SMILES string of the molecule is CCN(CC(C)C)c1cc(C(=O)O)nc2ccccc12. The van der Waals surface area contributed by atoms with Crippen molar-refractivity contribution in [2.24, 2.45) is 5.92 Å². The number of carboxylic acid groups (broad SMARTS) is 1. The van der Waals surface area contributed by atoms with Crippen LogP contribution < -0.4 is 4.90 Å². The van der Waals surface area contributed by atoms with Crippen LogP contribution in [0.25, 0.3) is 10.9 Å². The first-order chi connectivity index (χ1) is 9.52. The Morgan fingerprint density at radius 3 is 2.65 bits per heavy atom. The van der Waals surface area contributed by atoms with Gasteiger partial charge in [0, 0.05) is 24.2 Å². The molecule has 0 spiro atoms. The van der Waals surface area contributed by atoms with Crippen molar-refractivity contribution in [3.8, 4) is 0 Å². The third-order valence-electron chi connectivity index (χ3n) is 3.22. The highest BCUT2D eigenvalue weighted by molar-refractivity contribution is 5.97. The first-order valence-electron chi connectivity index (χ1n) is 6.91. The zero-order valence-corrected chi connectivity index (χ0v) is 12.1. The van der Waals surface area contributed by atoms with Gasteiger partial charge in [0.1, 0.15) is 0 Å². The quantitative estimate of drug-likeness (QED) is 0.906. The molecule has 0 aliphatic rings. The Morgan fingerprint density at radius 2 is 2.05 bits per heavy atom. The van der Waals surface area contributed by atoms with Gasteiger partial charge in [-0.2, -0.15) is 0 Å². The molecule has 4 nitrogen and oxygen atoms in total. The van der Waals surface area contributed by atoms with Gasteiger partial charge in [-0.15, -0.1) is 0 Å². The third-order valence-corrected chi connectivity index (χ3v) is 3.22. The van der Waals surface area contributed by atoms with Crippen LogP contribution in [-0.2, 0) is 0 Å². The molecule has 1 aromatic carbocycles. The van der Waals surface area contributed by atoms with Crippen LogP contribution in [0.5, 0.6) is 0 Å². The fourth-order valence-corrected chi connectivity index (χ4v) is 2.37. The van der Waals surface area contributed by atoms with Crippen molar-refractivity contribution in [3.63, 3.8) is 0 Å². The van der Waals surface area contributed by atoms with Gasteiger partial charge in [0.05, 0.1) is 5.52 Å². The minimum Gasteiger partial charge on any atom is -0.477 e. The average Bonchev–Trinajstić information content (AvgIpc) is 2.43. The number of carboxylic acids is 1. The number of nitrogens with zero attached hydrogens (tertiary/aromatic N) is 2. The molecule has 0 aliphatic carbocycles. The van der Waals surface area contributed by atoms with Gasteiger partial charge < -0.3 is 10.0 Å². The Morgan fingerprint density at radius 1 is 1.35 bits per heavy atom. The molecule has 0 aliphatic heterocycles. The van der Waals surface area contributed by atoms with Gasteiger partial charge in [-0.25, -0.2) is 9.78 Å². The second-order valence-corrected chi connectivity index (χ2v) is 5.28. The number of para-hydroxylation sites is 1. The van der Waals surface area contributed by atoms with Gasteiger partial charge in [0.25, 0.3) is 0 Å². The molecule has 20 heavy (non-hydrogen) atoms. The topological polar surface area (TPSA) is 53.4 Å². The van der Waals surface area contributed by atoms with Gasteiger partial charge in [0.15, 0.2) is 5.69 Å². The number of anilines is 1. The van der Waals surface area contributed by atoms with E-state index >= 15 is 0 Å². The van der Waals surface area contributed by atoms with E-state index in [1.807, 2.05) is 24.3 Å². The van der Waals surface area contributed by atoms with Crippen LogP contribution in [0, 0.1) is 5.92 Å². The summed E-state index contributed by atoms with van der Waals surface area (Å²) in [6, 6.07) is 9.36. The lowest BCUT2D eigenvalue weighted by Crippen LogP contribution is -2.27. The zero-order chi connectivity index (χ0) is 14.7. The Hall–Kier alpha value is -2.10. The lowest BCUT2D eigenvalue weighted by Gasteiger charge is -2.26. The van der Waals surface area contributed by atoms with Crippen LogP contribution in [0.15, 0.2) is 30.3 Å². The molecule has 106 valence electrons. The number of aromatic nitrogens is 1. The Bertz CT molecular complexity index is 623. The van der Waals surface area contributed by atoms with Crippen LogP contribution >= 0.6 is 0 Å². The second-order valence-electron chi connectivity index (χ2n) is 5.28. The summed E-state index contributed by atoms with van der Waals surface area (Å²) in [5, 5.41) is 10.2. The van der Waals surface area contributed by atoms with Gasteiger partial charge >= 0.3 is 5.97 Å². The molecule has 4 heteroatoms. The number of fused-ring (bicyclic) bond motifs is 1. The molecule has 0 unspecified atom stereocenters. The van der Waals surface area contributed by atoms with Crippen molar-refractivity contribution >= 4 is 22.6 Å². The minimum atomic E-state index is -0.988. The molecule has 0 radical (unpaired) electrons. The molecule has 1 heterocycles. The number of hydrogen-bond acceptors (Lipinski definition) is 3. The van der Waals surface area contributed by atoms with Gasteiger partial charge in [-0.3, -0.25) is 0 Å². The van der Waals surface area contributed by atoms with Crippen LogP contribution in [-0.4, -0.2) is 29.1 Å². The van der Waals surface area contributed by atoms with Gasteiger partial charge in [0.2, 0.25) is 0 Å². The molecule has 0 fully saturated rings. The molecule has 2 aromatic rings. The molecule has 1 N–H and O–H groups in total. The number of carbonyl (C=O) groups is 1. The van der Waals surface area contributed by atoms with E-state index in [0.29, 0.717) is 5.92 Å². The minimum absolute atomic E-state index is 0.0981. The maximum Gasteiger partial charge on any atom is 0.354 e. The van der Waals surface area contributed by atoms with E-state index in [1.165, 1.54) is 0 Å². The Labute approximate surface area is 119 Å². The highest BCUT2D eigenvalue weighted by atomic mass is 16.4. The van der Waals surface area contributed by atoms with E-state index in [9.17, 15) is 9.90 Å². The van der Waals surface area contributed by atoms with Crippen molar-refractivity contribution in [3.05, 3.63) is 36.0 Å². The molecule has 0 atom stereocenters. The zero-order valence-electron chi connectivity index (χ0n) is 12.1. The van der Waals surface area contributed by atoms with Crippen molar-refractivity contribution in [2.45, 2.75) is 20.8 Å². The smallest absolute Gasteiger partial charge is 0.354 e. The van der Waals surface area contributed by atoms with E-state index in [0.717, 1.165) is 29.7 Å². The molecule has 2 rings (SSSR count). The van der Waals surface area contributed by atoms with E-state index in [1.54, 1.807) is 6.07 Å². The number of pyridine rings is 1. The molecule has 0 saturated heterocycles. The fourth-order valence-electron chi connectivity index (χ4n) is 2.37. The average molecular weight is 272 g/mol. The van der Waals surface area contributed by atoms with Gasteiger partial charge in [-0.05, 0) is 25.0 Å². The molecule has 0 bridgehead atoms. The lowest BCUT2D eigenvalue weighted by molar-refractivity contribution is 0.0691. The number of benzene rings is 1. The normalized spacial score (nSPS) is 11.0. The van der Waals surface area contributed by atoms with Crippen LogP contribution in [0.1, 0.15) is 31.3 Å². The summed E-state index contributed by atoms with van der Waals surface area (Å²) in [6.45, 7) is 8.13. The maximum absolute atomic E-state index is 11.2. The maximum atomic E-state index is 11.2. The lowest BCUT2D eigenvalue weighted by atomic mass is 10.1. The number of hydrogen-bond donors (Lipinski definition) is 1. The summed E-state index contributed by atoms with van der Waals surface area (Å²) in [4.78, 5) is 17.7. The van der Waals surface area contributed by atoms with Gasteiger partial charge in [-0.1, -0.05) is 32.0 Å². The molecular formula is C16H20N2O2. The number of rotatable bonds is 5. The predicted molar refractivity (Wildman–Crippen MR) is 81.4 cm³/mol. The predicted octanol–water partition coefficient (Wildman–Crippen LogP) is 3.42. The molecule has 1 aromatic heterocycles. The third kappa shape index (κ3) is 2.90. The highest BCUT2D eigenvalue weighted by Gasteiger charge is 2.15. The highest BCUT2D eigenvalue weighted by Crippen LogP contribution is 2.27. The van der Waals surface area contributed by atoms with E-state index in [4.69, 9.17) is 0 Å².